The molecule has 2 saturated heterocycles. The molecule has 2 N–H and O–H groups in total. The van der Waals surface area contributed by atoms with Crippen molar-refractivity contribution in [3.63, 3.8) is 0 Å². The molecular formula is C20H25N5O4. The number of hydrogen-bond acceptors (Lipinski definition) is 7. The third kappa shape index (κ3) is 3.75. The van der Waals surface area contributed by atoms with Crippen molar-refractivity contribution in [3.05, 3.63) is 29.3 Å². The quantitative estimate of drug-likeness (QED) is 0.658. The molecule has 9 heteroatoms. The summed E-state index contributed by atoms with van der Waals surface area (Å²) < 4.78 is 0. The van der Waals surface area contributed by atoms with Crippen LogP contribution >= 0.6 is 0 Å². The van der Waals surface area contributed by atoms with E-state index in [4.69, 9.17) is 0 Å². The first kappa shape index (κ1) is 19.5. The Kier molecular flexibility index (Phi) is 5.33. The Morgan fingerprint density at radius 2 is 1.83 bits per heavy atom. The number of amides is 4. The maximum absolute atomic E-state index is 13.0. The van der Waals surface area contributed by atoms with Gasteiger partial charge in [-0.25, -0.2) is 0 Å². The van der Waals surface area contributed by atoms with Crippen molar-refractivity contribution < 1.29 is 19.2 Å². The van der Waals surface area contributed by atoms with Gasteiger partial charge in [-0.3, -0.25) is 34.3 Å². The Bertz CT molecular complexity index is 862. The molecule has 0 aliphatic carbocycles. The molecule has 1 aromatic carbocycles. The van der Waals surface area contributed by atoms with Gasteiger partial charge in [-0.2, -0.15) is 0 Å². The highest BCUT2D eigenvalue weighted by atomic mass is 16.2. The predicted molar refractivity (Wildman–Crippen MR) is 106 cm³/mol. The number of piperidine rings is 1. The van der Waals surface area contributed by atoms with E-state index in [-0.39, 0.29) is 18.7 Å². The molecule has 0 radical (unpaired) electrons. The van der Waals surface area contributed by atoms with Gasteiger partial charge in [-0.1, -0.05) is 6.07 Å². The van der Waals surface area contributed by atoms with E-state index in [0.717, 1.165) is 37.6 Å². The summed E-state index contributed by atoms with van der Waals surface area (Å²) in [4.78, 5) is 55.1. The fourth-order valence-corrected chi connectivity index (χ4v) is 4.08. The molecule has 0 bridgehead atoms. The van der Waals surface area contributed by atoms with Crippen LogP contribution in [0.25, 0.3) is 0 Å². The second-order valence-corrected chi connectivity index (χ2v) is 7.75. The lowest BCUT2D eigenvalue weighted by atomic mass is 10.0. The Labute approximate surface area is 169 Å². The number of carbonyl (C=O) groups is 4. The van der Waals surface area contributed by atoms with E-state index >= 15 is 0 Å². The molecule has 1 aromatic rings. The van der Waals surface area contributed by atoms with E-state index in [1.54, 1.807) is 18.2 Å². The number of nitrogens with one attached hydrogen (secondary N) is 2. The molecule has 3 aliphatic rings. The number of rotatable bonds is 5. The van der Waals surface area contributed by atoms with E-state index in [2.05, 4.69) is 27.5 Å². The lowest BCUT2D eigenvalue weighted by Crippen LogP contribution is -2.54. The van der Waals surface area contributed by atoms with Gasteiger partial charge in [-0.15, -0.1) is 0 Å². The number of benzene rings is 1. The summed E-state index contributed by atoms with van der Waals surface area (Å²) in [7, 11) is 2.11. The monoisotopic (exact) mass is 399 g/mol. The third-order valence-corrected chi connectivity index (χ3v) is 5.81. The van der Waals surface area contributed by atoms with Gasteiger partial charge in [0.05, 0.1) is 11.1 Å². The van der Waals surface area contributed by atoms with E-state index in [1.165, 1.54) is 0 Å². The summed E-state index contributed by atoms with van der Waals surface area (Å²) in [6.07, 6.45) is 0.266. The zero-order valence-corrected chi connectivity index (χ0v) is 16.4. The third-order valence-electron chi connectivity index (χ3n) is 5.81. The van der Waals surface area contributed by atoms with E-state index in [1.807, 2.05) is 0 Å². The minimum atomic E-state index is -0.946. The van der Waals surface area contributed by atoms with Crippen LogP contribution in [-0.4, -0.2) is 90.7 Å². The van der Waals surface area contributed by atoms with Crippen molar-refractivity contribution in [3.8, 4) is 0 Å². The van der Waals surface area contributed by atoms with Crippen LogP contribution in [0.1, 0.15) is 33.6 Å². The molecule has 0 aromatic heterocycles. The number of piperazine rings is 1. The summed E-state index contributed by atoms with van der Waals surface area (Å²) in [6.45, 7) is 5.58. The number of likely N-dealkylation sites (N-methyl/N-ethyl adjacent to an activating group) is 1. The zero-order valence-electron chi connectivity index (χ0n) is 16.4. The molecule has 2 fully saturated rings. The normalized spacial score (nSPS) is 23.3. The minimum absolute atomic E-state index is 0.111. The maximum atomic E-state index is 13.0. The lowest BCUT2D eigenvalue weighted by molar-refractivity contribution is -0.136. The minimum Gasteiger partial charge on any atom is -0.383 e. The molecule has 3 heterocycles. The fraction of sp³-hybridized carbons (Fsp3) is 0.500. The van der Waals surface area contributed by atoms with Crippen LogP contribution in [0.4, 0.5) is 5.69 Å². The van der Waals surface area contributed by atoms with Crippen molar-refractivity contribution in [2.45, 2.75) is 18.9 Å². The summed E-state index contributed by atoms with van der Waals surface area (Å²) in [5.41, 5.74) is 1.20. The number of nitrogens with zero attached hydrogens (tertiary/aromatic N) is 3. The molecule has 0 spiro atoms. The van der Waals surface area contributed by atoms with E-state index < -0.39 is 23.8 Å². The van der Waals surface area contributed by atoms with Crippen molar-refractivity contribution in [1.82, 2.24) is 20.0 Å². The summed E-state index contributed by atoms with van der Waals surface area (Å²) in [6, 6.07) is 4.17. The number of carbonyl (C=O) groups excluding carboxylic acids is 4. The van der Waals surface area contributed by atoms with Gasteiger partial charge in [0.15, 0.2) is 0 Å². The van der Waals surface area contributed by atoms with Gasteiger partial charge < -0.3 is 10.2 Å². The standard InChI is InChI=1S/C20H25N5O4/c1-23-9-11-24(12-10-23)8-7-21-14-4-2-3-13-17(14)20(29)25(19(13)28)15-5-6-16(26)22-18(15)27/h2-4,15,21H,5-12H2,1H3,(H,22,26,27). The van der Waals surface area contributed by atoms with E-state index in [0.29, 0.717) is 23.4 Å². The molecule has 154 valence electrons. The number of hydrogen-bond donors (Lipinski definition) is 2. The van der Waals surface area contributed by atoms with Crippen molar-refractivity contribution in [1.29, 1.82) is 0 Å². The highest BCUT2D eigenvalue weighted by Gasteiger charge is 2.45. The van der Waals surface area contributed by atoms with Crippen LogP contribution in [0.2, 0.25) is 0 Å². The first-order valence-corrected chi connectivity index (χ1v) is 9.95. The van der Waals surface area contributed by atoms with Crippen LogP contribution in [0.5, 0.6) is 0 Å². The topological polar surface area (TPSA) is 102 Å². The first-order valence-electron chi connectivity index (χ1n) is 9.95. The second-order valence-electron chi connectivity index (χ2n) is 7.75. The number of fused-ring (bicyclic) bond motifs is 1. The number of anilines is 1. The van der Waals surface area contributed by atoms with Crippen LogP contribution in [0.15, 0.2) is 18.2 Å². The average molecular weight is 399 g/mol. The van der Waals surface area contributed by atoms with Gasteiger partial charge >= 0.3 is 0 Å². The molecule has 29 heavy (non-hydrogen) atoms. The van der Waals surface area contributed by atoms with Gasteiger partial charge in [0, 0.05) is 51.4 Å². The second kappa shape index (κ2) is 7.92. The van der Waals surface area contributed by atoms with Crippen LogP contribution in [0, 0.1) is 0 Å². The first-order chi connectivity index (χ1) is 14.0. The Balaban J connectivity index is 1.46. The highest BCUT2D eigenvalue weighted by molar-refractivity contribution is 6.25. The molecule has 4 rings (SSSR count). The zero-order chi connectivity index (χ0) is 20.5. The summed E-state index contributed by atoms with van der Waals surface area (Å²) in [5, 5.41) is 5.50. The Hall–Kier alpha value is -2.78. The van der Waals surface area contributed by atoms with E-state index in [9.17, 15) is 19.2 Å². The average Bonchev–Trinajstić information content (AvgIpc) is 2.95. The van der Waals surface area contributed by atoms with Crippen LogP contribution in [0.3, 0.4) is 0 Å². The Morgan fingerprint density at radius 1 is 1.07 bits per heavy atom. The molecule has 4 amide bonds. The van der Waals surface area contributed by atoms with Gasteiger partial charge in [0.25, 0.3) is 11.8 Å². The van der Waals surface area contributed by atoms with Gasteiger partial charge in [0.1, 0.15) is 6.04 Å². The molecule has 0 saturated carbocycles. The lowest BCUT2D eigenvalue weighted by Gasteiger charge is -2.32. The molecule has 1 atom stereocenters. The van der Waals surface area contributed by atoms with Gasteiger partial charge in [-0.05, 0) is 25.6 Å². The largest absolute Gasteiger partial charge is 0.383 e. The highest BCUT2D eigenvalue weighted by Crippen LogP contribution is 2.32. The Morgan fingerprint density at radius 3 is 2.55 bits per heavy atom. The van der Waals surface area contributed by atoms with Gasteiger partial charge in [0.2, 0.25) is 11.8 Å². The van der Waals surface area contributed by atoms with Crippen LogP contribution < -0.4 is 10.6 Å². The SMILES string of the molecule is CN1CCN(CCNc2cccc3c2C(=O)N(C2CCC(=O)NC2=O)C3=O)CC1. The van der Waals surface area contributed by atoms with Crippen molar-refractivity contribution in [2.24, 2.45) is 0 Å². The number of imide groups is 2. The molecule has 9 nitrogen and oxygen atoms in total. The molecule has 1 unspecified atom stereocenters. The van der Waals surface area contributed by atoms with Crippen molar-refractivity contribution >= 4 is 29.3 Å². The maximum Gasteiger partial charge on any atom is 0.264 e. The summed E-state index contributed by atoms with van der Waals surface area (Å²) in [5.74, 6) is -1.95. The summed E-state index contributed by atoms with van der Waals surface area (Å²) >= 11 is 0. The fourth-order valence-electron chi connectivity index (χ4n) is 4.08. The van der Waals surface area contributed by atoms with Crippen molar-refractivity contribution in [2.75, 3.05) is 51.6 Å². The molecule has 3 aliphatic heterocycles. The smallest absolute Gasteiger partial charge is 0.264 e. The molecular weight excluding hydrogens is 374 g/mol. The van der Waals surface area contributed by atoms with Crippen LogP contribution in [-0.2, 0) is 9.59 Å². The predicted octanol–water partition coefficient (Wildman–Crippen LogP) is -0.253.